The largest absolute Gasteiger partial charge is 0.465 e. The second-order valence-electron chi connectivity index (χ2n) is 10.3. The molecule has 1 fully saturated rings. The van der Waals surface area contributed by atoms with Crippen LogP contribution in [0.1, 0.15) is 49.8 Å². The first-order valence-electron chi connectivity index (χ1n) is 13.4. The summed E-state index contributed by atoms with van der Waals surface area (Å²) in [6.45, 7) is 1.38. The smallest absolute Gasteiger partial charge is 0.338 e. The summed E-state index contributed by atoms with van der Waals surface area (Å²) in [6.07, 6.45) is -5.19. The zero-order valence-corrected chi connectivity index (χ0v) is 22.5. The highest BCUT2D eigenvalue weighted by Crippen LogP contribution is 2.40. The van der Waals surface area contributed by atoms with Crippen LogP contribution < -0.4 is 0 Å². The number of hydrogen-bond acceptors (Lipinski definition) is 7. The van der Waals surface area contributed by atoms with E-state index in [0.29, 0.717) is 24.0 Å². The van der Waals surface area contributed by atoms with Gasteiger partial charge < -0.3 is 29.9 Å². The van der Waals surface area contributed by atoms with Gasteiger partial charge in [-0.3, -0.25) is 0 Å². The van der Waals surface area contributed by atoms with Crippen LogP contribution in [0.25, 0.3) is 11.1 Å². The van der Waals surface area contributed by atoms with Crippen molar-refractivity contribution in [1.29, 1.82) is 0 Å². The van der Waals surface area contributed by atoms with Gasteiger partial charge in [-0.15, -0.1) is 0 Å². The van der Waals surface area contributed by atoms with E-state index in [0.717, 1.165) is 38.9 Å². The third kappa shape index (κ3) is 5.27. The van der Waals surface area contributed by atoms with E-state index in [4.69, 9.17) is 9.47 Å². The quantitative estimate of drug-likeness (QED) is 0.264. The van der Waals surface area contributed by atoms with Crippen molar-refractivity contribution in [1.82, 2.24) is 0 Å². The molecule has 0 bridgehead atoms. The van der Waals surface area contributed by atoms with Crippen molar-refractivity contribution in [2.75, 3.05) is 13.7 Å². The van der Waals surface area contributed by atoms with Crippen molar-refractivity contribution in [3.63, 3.8) is 0 Å². The summed E-state index contributed by atoms with van der Waals surface area (Å²) in [5.74, 6) is -0.410. The van der Waals surface area contributed by atoms with E-state index < -0.39 is 43.1 Å². The van der Waals surface area contributed by atoms with Crippen molar-refractivity contribution in [3.05, 3.63) is 118 Å². The van der Waals surface area contributed by atoms with E-state index in [-0.39, 0.29) is 0 Å². The summed E-state index contributed by atoms with van der Waals surface area (Å²) < 4.78 is 11.1. The summed E-state index contributed by atoms with van der Waals surface area (Å²) in [5.41, 5.74) is 7.67. The minimum Gasteiger partial charge on any atom is -0.465 e. The highest BCUT2D eigenvalue weighted by Gasteiger charge is 2.44. The van der Waals surface area contributed by atoms with Crippen molar-refractivity contribution in [3.8, 4) is 11.1 Å². The number of ether oxygens (including phenoxy) is 2. The molecule has 40 heavy (non-hydrogen) atoms. The number of aliphatic hydroxyl groups is 4. The van der Waals surface area contributed by atoms with Gasteiger partial charge in [0.25, 0.3) is 0 Å². The second-order valence-corrected chi connectivity index (χ2v) is 10.3. The fourth-order valence-corrected chi connectivity index (χ4v) is 5.71. The monoisotopic (exact) mass is 542 g/mol. The maximum Gasteiger partial charge on any atom is 0.338 e. The Bertz CT molecular complexity index is 1450. The molecule has 0 unspecified atom stereocenters. The minimum absolute atomic E-state index is 0.410. The zero-order valence-electron chi connectivity index (χ0n) is 22.5. The second kappa shape index (κ2) is 11.9. The van der Waals surface area contributed by atoms with Crippen molar-refractivity contribution in [2.45, 2.75) is 50.3 Å². The lowest BCUT2D eigenvalue weighted by Crippen LogP contribution is -2.55. The Morgan fingerprint density at radius 2 is 1.45 bits per heavy atom. The molecule has 3 aliphatic rings. The Morgan fingerprint density at radius 1 is 0.800 bits per heavy atom. The number of carbonyl (C=O) groups excluding carboxylic acids is 1. The Balaban J connectivity index is 1.62. The van der Waals surface area contributed by atoms with E-state index in [2.05, 4.69) is 12.1 Å². The molecule has 7 nitrogen and oxygen atoms in total. The number of fused-ring (bicyclic) bond motifs is 1. The zero-order chi connectivity index (χ0) is 28.4. The molecule has 0 spiro atoms. The molecule has 0 amide bonds. The molecule has 2 aromatic carbocycles. The first-order chi connectivity index (χ1) is 19.3. The molecular formula is C33H34O7. The van der Waals surface area contributed by atoms with Gasteiger partial charge in [0.15, 0.2) is 0 Å². The van der Waals surface area contributed by atoms with Gasteiger partial charge in [-0.25, -0.2) is 4.79 Å². The van der Waals surface area contributed by atoms with Gasteiger partial charge in [-0.1, -0.05) is 78.9 Å². The molecule has 5 rings (SSSR count). The van der Waals surface area contributed by atoms with E-state index in [9.17, 15) is 25.2 Å². The number of hydrogen-bond donors (Lipinski definition) is 4. The summed E-state index contributed by atoms with van der Waals surface area (Å²) in [4.78, 5) is 13.2. The van der Waals surface area contributed by atoms with E-state index in [1.54, 1.807) is 0 Å². The molecule has 208 valence electrons. The molecule has 1 saturated heterocycles. The van der Waals surface area contributed by atoms with Crippen LogP contribution in [0.2, 0.25) is 0 Å². The fourth-order valence-electron chi connectivity index (χ4n) is 5.71. The van der Waals surface area contributed by atoms with Crippen LogP contribution in [0.4, 0.5) is 0 Å². The van der Waals surface area contributed by atoms with Crippen LogP contribution in [0, 0.1) is 6.92 Å². The molecule has 4 N–H and O–H groups in total. The van der Waals surface area contributed by atoms with Gasteiger partial charge in [0.2, 0.25) is 0 Å². The van der Waals surface area contributed by atoms with E-state index in [1.807, 2.05) is 73.7 Å². The summed E-state index contributed by atoms with van der Waals surface area (Å²) in [6, 6.07) is 25.6. The Labute approximate surface area is 233 Å². The molecular weight excluding hydrogens is 508 g/mol. The number of methoxy groups -OCH3 is 1. The first-order valence-corrected chi connectivity index (χ1v) is 13.4. The minimum atomic E-state index is -1.47. The fraction of sp³-hybridized carbons (Fsp3) is 0.303. The van der Waals surface area contributed by atoms with Crippen LogP contribution >= 0.6 is 0 Å². The number of carbonyl (C=O) groups is 1. The molecule has 1 aliphatic heterocycles. The maximum atomic E-state index is 13.2. The van der Waals surface area contributed by atoms with Gasteiger partial charge >= 0.3 is 5.97 Å². The number of benzene rings is 2. The SMILES string of the molecule is COC(=O)c1c2cccccc-2c(Cc2ccccc2)c1Cc1ccc(C)c([C@@H]2O[C@H](CO)[C@@H](O)[C@H](O)[C@@H]2O)c1. The number of rotatable bonds is 7. The number of esters is 1. The molecule has 7 heteroatoms. The highest BCUT2D eigenvalue weighted by molar-refractivity contribution is 6.02. The predicted molar refractivity (Wildman–Crippen MR) is 150 cm³/mol. The standard InChI is InChI=1S/C33H34O7/c1-19-13-14-21(16-24(19)32-31(37)30(36)29(35)27(18-34)40-32)17-26-25(15-20-9-5-3-6-10-20)22-11-7-4-8-12-23(22)28(26)33(38)39-2/h3-14,16,27,29-32,34-37H,15,17-18H2,1-2H3/t27-,29-,30+,31+,32+/m1/s1. The van der Waals surface area contributed by atoms with Crippen molar-refractivity contribution in [2.24, 2.45) is 0 Å². The van der Waals surface area contributed by atoms with Crippen LogP contribution in [-0.4, -0.2) is 64.5 Å². The predicted octanol–water partition coefficient (Wildman–Crippen LogP) is 3.58. The molecule has 2 aromatic rings. The van der Waals surface area contributed by atoms with Crippen molar-refractivity contribution >= 4 is 5.97 Å². The molecule has 0 radical (unpaired) electrons. The molecule has 0 aromatic heterocycles. The number of aliphatic hydroxyl groups excluding tert-OH is 4. The third-order valence-corrected chi connectivity index (χ3v) is 7.84. The number of aryl methyl sites for hydroxylation is 1. The van der Waals surface area contributed by atoms with Gasteiger partial charge in [0.05, 0.1) is 19.3 Å². The van der Waals surface area contributed by atoms with Gasteiger partial charge in [-0.05, 0) is 64.3 Å². The average Bonchev–Trinajstić information content (AvgIpc) is 3.09. The third-order valence-electron chi connectivity index (χ3n) is 7.84. The van der Waals surface area contributed by atoms with Crippen molar-refractivity contribution < 1.29 is 34.7 Å². The summed E-state index contributed by atoms with van der Waals surface area (Å²) >= 11 is 0. The van der Waals surface area contributed by atoms with Gasteiger partial charge in [0, 0.05) is 0 Å². The lowest BCUT2D eigenvalue weighted by molar-refractivity contribution is -0.231. The normalized spacial score (nSPS) is 22.8. The summed E-state index contributed by atoms with van der Waals surface area (Å²) in [7, 11) is 1.38. The highest BCUT2D eigenvalue weighted by atomic mass is 16.5. The van der Waals surface area contributed by atoms with Crippen LogP contribution in [0.3, 0.4) is 0 Å². The summed E-state index contributed by atoms with van der Waals surface area (Å²) in [5, 5.41) is 41.1. The Kier molecular flexibility index (Phi) is 8.30. The lowest BCUT2D eigenvalue weighted by atomic mass is 9.87. The molecule has 2 aliphatic carbocycles. The topological polar surface area (TPSA) is 116 Å². The first kappa shape index (κ1) is 28.0. The Morgan fingerprint density at radius 3 is 2.12 bits per heavy atom. The van der Waals surface area contributed by atoms with Gasteiger partial charge in [0.1, 0.15) is 30.5 Å². The molecule has 0 saturated carbocycles. The molecule has 1 heterocycles. The lowest BCUT2D eigenvalue weighted by Gasteiger charge is -2.40. The van der Waals surface area contributed by atoms with Crippen LogP contribution in [0.5, 0.6) is 0 Å². The van der Waals surface area contributed by atoms with Crippen LogP contribution in [0.15, 0.2) is 78.9 Å². The van der Waals surface area contributed by atoms with Crippen LogP contribution in [-0.2, 0) is 22.3 Å². The van der Waals surface area contributed by atoms with Gasteiger partial charge in [-0.2, -0.15) is 0 Å². The van der Waals surface area contributed by atoms with E-state index >= 15 is 0 Å². The Hall–Kier alpha value is -3.59. The average molecular weight is 543 g/mol. The molecule has 5 atom stereocenters. The maximum absolute atomic E-state index is 13.2. The van der Waals surface area contributed by atoms with E-state index in [1.165, 1.54) is 7.11 Å².